The van der Waals surface area contributed by atoms with Gasteiger partial charge in [0.05, 0.1) is 29.2 Å². The summed E-state index contributed by atoms with van der Waals surface area (Å²) in [6, 6.07) is 11.1. The number of nitrogens with zero attached hydrogens (tertiary/aromatic N) is 4. The molecule has 118 valence electrons. The molecular weight excluding hydrogens is 304 g/mol. The maximum absolute atomic E-state index is 12.6. The summed E-state index contributed by atoms with van der Waals surface area (Å²) in [6.07, 6.45) is 5.73. The second-order valence-electron chi connectivity index (χ2n) is 5.63. The third-order valence-corrected chi connectivity index (χ3v) is 4.08. The molecule has 1 aliphatic rings. The second-order valence-corrected chi connectivity index (χ2v) is 5.63. The highest BCUT2D eigenvalue weighted by Crippen LogP contribution is 2.28. The van der Waals surface area contributed by atoms with Gasteiger partial charge in [-0.3, -0.25) is 9.69 Å². The maximum atomic E-state index is 12.6. The number of hydrogen-bond acceptors (Lipinski definition) is 4. The summed E-state index contributed by atoms with van der Waals surface area (Å²) in [5, 5.41) is 9.05. The Kier molecular flexibility index (Phi) is 3.39. The Hall–Kier alpha value is -3.33. The van der Waals surface area contributed by atoms with Crippen molar-refractivity contribution in [3.8, 4) is 17.3 Å². The minimum Gasteiger partial charge on any atom is -0.472 e. The maximum Gasteiger partial charge on any atom is 0.263 e. The Balaban J connectivity index is 1.73. The van der Waals surface area contributed by atoms with Gasteiger partial charge in [0, 0.05) is 24.8 Å². The van der Waals surface area contributed by atoms with E-state index in [9.17, 15) is 4.79 Å². The molecule has 24 heavy (non-hydrogen) atoms. The first kappa shape index (κ1) is 14.3. The zero-order valence-corrected chi connectivity index (χ0v) is 12.8. The minimum absolute atomic E-state index is 0.118. The average molecular weight is 318 g/mol. The molecule has 6 nitrogen and oxygen atoms in total. The first-order valence-corrected chi connectivity index (χ1v) is 7.68. The van der Waals surface area contributed by atoms with E-state index in [2.05, 4.69) is 11.1 Å². The van der Waals surface area contributed by atoms with Crippen molar-refractivity contribution in [3.05, 3.63) is 60.2 Å². The van der Waals surface area contributed by atoms with Crippen molar-refractivity contribution in [3.63, 3.8) is 0 Å². The van der Waals surface area contributed by atoms with Crippen LogP contribution >= 0.6 is 0 Å². The lowest BCUT2D eigenvalue weighted by molar-refractivity contribution is 0.0980. The number of aryl methyl sites for hydroxylation is 1. The summed E-state index contributed by atoms with van der Waals surface area (Å²) in [5.74, 6) is 0.512. The molecule has 0 aliphatic carbocycles. The molecule has 1 amide bonds. The van der Waals surface area contributed by atoms with E-state index in [0.717, 1.165) is 24.2 Å². The van der Waals surface area contributed by atoms with Gasteiger partial charge in [-0.15, -0.1) is 0 Å². The van der Waals surface area contributed by atoms with E-state index in [1.807, 2.05) is 22.9 Å². The molecule has 0 N–H and O–H groups in total. The monoisotopic (exact) mass is 318 g/mol. The molecule has 1 aliphatic heterocycles. The van der Waals surface area contributed by atoms with Crippen molar-refractivity contribution in [2.24, 2.45) is 0 Å². The number of furan rings is 1. The van der Waals surface area contributed by atoms with Gasteiger partial charge in [0.15, 0.2) is 0 Å². The Bertz CT molecular complexity index is 934. The number of carbonyl (C=O) groups excluding carboxylic acids is 1. The lowest BCUT2D eigenvalue weighted by Crippen LogP contribution is -2.37. The number of nitriles is 1. The Morgan fingerprint density at radius 3 is 3.00 bits per heavy atom. The molecule has 3 aromatic rings. The van der Waals surface area contributed by atoms with Crippen molar-refractivity contribution >= 4 is 11.9 Å². The molecule has 6 heteroatoms. The van der Waals surface area contributed by atoms with Gasteiger partial charge in [-0.1, -0.05) is 12.1 Å². The summed E-state index contributed by atoms with van der Waals surface area (Å²) in [7, 11) is 0. The van der Waals surface area contributed by atoms with Crippen LogP contribution in [0.1, 0.15) is 22.3 Å². The first-order chi connectivity index (χ1) is 11.8. The van der Waals surface area contributed by atoms with Gasteiger partial charge >= 0.3 is 0 Å². The van der Waals surface area contributed by atoms with E-state index in [4.69, 9.17) is 9.68 Å². The van der Waals surface area contributed by atoms with E-state index in [1.54, 1.807) is 23.1 Å². The van der Waals surface area contributed by atoms with Gasteiger partial charge < -0.3 is 8.98 Å². The number of carbonyl (C=O) groups is 1. The Morgan fingerprint density at radius 1 is 1.29 bits per heavy atom. The number of amides is 1. The van der Waals surface area contributed by atoms with Crippen LogP contribution in [-0.4, -0.2) is 22.0 Å². The van der Waals surface area contributed by atoms with E-state index in [-0.39, 0.29) is 5.91 Å². The third kappa shape index (κ3) is 2.36. The standard InChI is InChI=1S/C18H14N4O2/c19-10-13-3-1-4-14(9-13)16-11-21-6-2-7-22(18(21)20-16)17(23)15-5-8-24-12-15/h1,3-5,8-9,11-12H,2,6-7H2. The normalized spacial score (nSPS) is 13.4. The summed E-state index contributed by atoms with van der Waals surface area (Å²) in [6.45, 7) is 1.44. The smallest absolute Gasteiger partial charge is 0.263 e. The van der Waals surface area contributed by atoms with Crippen LogP contribution in [-0.2, 0) is 6.54 Å². The van der Waals surface area contributed by atoms with Crippen molar-refractivity contribution in [1.29, 1.82) is 5.26 Å². The molecule has 0 fully saturated rings. The quantitative estimate of drug-likeness (QED) is 0.727. The van der Waals surface area contributed by atoms with Crippen LogP contribution in [0.15, 0.2) is 53.5 Å². The predicted molar refractivity (Wildman–Crippen MR) is 87.4 cm³/mol. The van der Waals surface area contributed by atoms with Gasteiger partial charge in [0.25, 0.3) is 5.91 Å². The minimum atomic E-state index is -0.118. The van der Waals surface area contributed by atoms with Crippen LogP contribution in [0, 0.1) is 11.3 Å². The van der Waals surface area contributed by atoms with Crippen LogP contribution in [0.5, 0.6) is 0 Å². The number of rotatable bonds is 2. The zero-order valence-electron chi connectivity index (χ0n) is 12.8. The molecule has 0 saturated heterocycles. The molecule has 2 aromatic heterocycles. The highest BCUT2D eigenvalue weighted by atomic mass is 16.3. The fourth-order valence-corrected chi connectivity index (χ4v) is 2.91. The number of imidazole rings is 1. The van der Waals surface area contributed by atoms with Crippen molar-refractivity contribution in [2.45, 2.75) is 13.0 Å². The van der Waals surface area contributed by atoms with E-state index < -0.39 is 0 Å². The highest BCUT2D eigenvalue weighted by molar-refractivity contribution is 6.05. The fourth-order valence-electron chi connectivity index (χ4n) is 2.91. The number of aromatic nitrogens is 2. The van der Waals surface area contributed by atoms with Crippen molar-refractivity contribution in [1.82, 2.24) is 9.55 Å². The summed E-state index contributed by atoms with van der Waals surface area (Å²) in [5.41, 5.74) is 2.73. The molecular formula is C18H14N4O2. The summed E-state index contributed by atoms with van der Waals surface area (Å²) in [4.78, 5) is 18.9. The van der Waals surface area contributed by atoms with Gasteiger partial charge in [0.1, 0.15) is 6.26 Å². The van der Waals surface area contributed by atoms with Crippen molar-refractivity contribution in [2.75, 3.05) is 11.4 Å². The molecule has 0 spiro atoms. The number of hydrogen-bond donors (Lipinski definition) is 0. The number of fused-ring (bicyclic) bond motifs is 1. The second kappa shape index (κ2) is 5.70. The molecule has 3 heterocycles. The van der Waals surface area contributed by atoms with E-state index in [0.29, 0.717) is 23.6 Å². The molecule has 0 radical (unpaired) electrons. The van der Waals surface area contributed by atoms with Crippen LogP contribution in [0.2, 0.25) is 0 Å². The van der Waals surface area contributed by atoms with Crippen LogP contribution in [0.4, 0.5) is 5.95 Å². The topological polar surface area (TPSA) is 75.1 Å². The van der Waals surface area contributed by atoms with E-state index in [1.165, 1.54) is 12.5 Å². The fraction of sp³-hybridized carbons (Fsp3) is 0.167. The summed E-state index contributed by atoms with van der Waals surface area (Å²) < 4.78 is 6.99. The molecule has 0 saturated carbocycles. The molecule has 4 rings (SSSR count). The Labute approximate surface area is 138 Å². The van der Waals surface area contributed by atoms with Gasteiger partial charge in [0.2, 0.25) is 5.95 Å². The lowest BCUT2D eigenvalue weighted by atomic mass is 10.1. The van der Waals surface area contributed by atoms with Crippen molar-refractivity contribution < 1.29 is 9.21 Å². The lowest BCUT2D eigenvalue weighted by Gasteiger charge is -2.26. The number of anilines is 1. The Morgan fingerprint density at radius 2 is 2.21 bits per heavy atom. The summed E-state index contributed by atoms with van der Waals surface area (Å²) >= 11 is 0. The van der Waals surface area contributed by atoms with Gasteiger partial charge in [-0.2, -0.15) is 5.26 Å². The zero-order chi connectivity index (χ0) is 16.5. The predicted octanol–water partition coefficient (Wildman–Crippen LogP) is 3.07. The van der Waals surface area contributed by atoms with E-state index >= 15 is 0 Å². The molecule has 0 unspecified atom stereocenters. The van der Waals surface area contributed by atoms with Gasteiger partial charge in [-0.25, -0.2) is 4.98 Å². The molecule has 0 atom stereocenters. The van der Waals surface area contributed by atoms with Crippen LogP contribution in [0.25, 0.3) is 11.3 Å². The molecule has 0 bridgehead atoms. The van der Waals surface area contributed by atoms with Crippen LogP contribution < -0.4 is 4.90 Å². The number of benzene rings is 1. The molecule has 1 aromatic carbocycles. The first-order valence-electron chi connectivity index (χ1n) is 7.68. The average Bonchev–Trinajstić information content (AvgIpc) is 3.30. The third-order valence-electron chi connectivity index (χ3n) is 4.08. The highest BCUT2D eigenvalue weighted by Gasteiger charge is 2.26. The largest absolute Gasteiger partial charge is 0.472 e. The van der Waals surface area contributed by atoms with Crippen LogP contribution in [0.3, 0.4) is 0 Å². The SMILES string of the molecule is N#Cc1cccc(-c2cn3c(n2)N(C(=O)c2ccoc2)CCC3)c1. The van der Waals surface area contributed by atoms with Gasteiger partial charge in [-0.05, 0) is 24.6 Å².